The minimum atomic E-state index is 0.228. The monoisotopic (exact) mass is 224 g/mol. The van der Waals surface area contributed by atoms with Crippen LogP contribution in [0.1, 0.15) is 17.2 Å². The molecular formula is C11H16N2OS. The van der Waals surface area contributed by atoms with E-state index < -0.39 is 0 Å². The van der Waals surface area contributed by atoms with Crippen LogP contribution in [0, 0.1) is 0 Å². The van der Waals surface area contributed by atoms with Gasteiger partial charge >= 0.3 is 0 Å². The van der Waals surface area contributed by atoms with Crippen LogP contribution >= 0.6 is 11.8 Å². The van der Waals surface area contributed by atoms with Crippen molar-refractivity contribution in [3.05, 3.63) is 29.3 Å². The first kappa shape index (κ1) is 10.8. The molecular weight excluding hydrogens is 208 g/mol. The smallest absolute Gasteiger partial charge is 0.122 e. The largest absolute Gasteiger partial charge is 0.493 e. The van der Waals surface area contributed by atoms with Crippen molar-refractivity contribution in [2.24, 2.45) is 5.84 Å². The molecule has 0 saturated heterocycles. The zero-order valence-electron chi connectivity index (χ0n) is 8.82. The second kappa shape index (κ2) is 4.88. The van der Waals surface area contributed by atoms with Crippen molar-refractivity contribution < 1.29 is 4.74 Å². The Balaban J connectivity index is 2.20. The zero-order valence-corrected chi connectivity index (χ0v) is 9.64. The van der Waals surface area contributed by atoms with E-state index in [1.54, 1.807) is 11.8 Å². The molecule has 2 rings (SSSR count). The van der Waals surface area contributed by atoms with Gasteiger partial charge in [-0.05, 0) is 23.4 Å². The maximum atomic E-state index is 5.54. The molecule has 0 radical (unpaired) electrons. The molecule has 0 bridgehead atoms. The first-order valence-corrected chi connectivity index (χ1v) is 6.45. The number of thioether (sulfide) groups is 1. The molecule has 82 valence electrons. The van der Waals surface area contributed by atoms with E-state index in [2.05, 4.69) is 23.8 Å². The van der Waals surface area contributed by atoms with E-state index >= 15 is 0 Å². The molecule has 1 aliphatic rings. The van der Waals surface area contributed by atoms with Gasteiger partial charge in [0, 0.05) is 12.2 Å². The molecule has 0 saturated carbocycles. The van der Waals surface area contributed by atoms with E-state index in [1.165, 1.54) is 11.1 Å². The topological polar surface area (TPSA) is 47.3 Å². The first-order valence-electron chi connectivity index (χ1n) is 5.06. The van der Waals surface area contributed by atoms with Gasteiger partial charge in [0.1, 0.15) is 5.75 Å². The number of hydrogen-bond donors (Lipinski definition) is 2. The Labute approximate surface area is 94.3 Å². The number of nitrogens with one attached hydrogen (secondary N) is 1. The van der Waals surface area contributed by atoms with Crippen LogP contribution in [0.5, 0.6) is 5.75 Å². The van der Waals surface area contributed by atoms with Gasteiger partial charge in [0.05, 0.1) is 12.6 Å². The maximum Gasteiger partial charge on any atom is 0.122 e. The SMILES string of the molecule is CSCC(NN)c1ccc2c(c1)CCO2. The van der Waals surface area contributed by atoms with Gasteiger partial charge in [-0.25, -0.2) is 0 Å². The van der Waals surface area contributed by atoms with Crippen LogP contribution in [0.3, 0.4) is 0 Å². The van der Waals surface area contributed by atoms with Gasteiger partial charge in [-0.15, -0.1) is 0 Å². The van der Waals surface area contributed by atoms with Gasteiger partial charge in [0.15, 0.2) is 0 Å². The third kappa shape index (κ3) is 2.27. The number of hydrogen-bond acceptors (Lipinski definition) is 4. The average molecular weight is 224 g/mol. The van der Waals surface area contributed by atoms with Gasteiger partial charge in [0.2, 0.25) is 0 Å². The molecule has 0 aromatic heterocycles. The molecule has 1 aromatic carbocycles. The number of ether oxygens (including phenoxy) is 1. The third-order valence-corrected chi connectivity index (χ3v) is 3.32. The van der Waals surface area contributed by atoms with Crippen molar-refractivity contribution in [3.8, 4) is 5.75 Å². The van der Waals surface area contributed by atoms with Crippen LogP contribution in [0.25, 0.3) is 0 Å². The molecule has 0 aliphatic carbocycles. The minimum absolute atomic E-state index is 0.228. The second-order valence-corrected chi connectivity index (χ2v) is 4.55. The quantitative estimate of drug-likeness (QED) is 0.601. The number of fused-ring (bicyclic) bond motifs is 1. The summed E-state index contributed by atoms with van der Waals surface area (Å²) >= 11 is 1.79. The summed E-state index contributed by atoms with van der Waals surface area (Å²) in [6, 6.07) is 6.56. The Morgan fingerprint density at radius 3 is 3.20 bits per heavy atom. The van der Waals surface area contributed by atoms with Crippen molar-refractivity contribution in [1.82, 2.24) is 5.43 Å². The summed E-state index contributed by atoms with van der Waals surface area (Å²) in [4.78, 5) is 0. The Morgan fingerprint density at radius 2 is 2.47 bits per heavy atom. The Bertz CT molecular complexity index is 343. The van der Waals surface area contributed by atoms with Crippen LogP contribution in [0.15, 0.2) is 18.2 Å². The van der Waals surface area contributed by atoms with Crippen molar-refractivity contribution >= 4 is 11.8 Å². The molecule has 3 nitrogen and oxygen atoms in total. The standard InChI is InChI=1S/C11H16N2OS/c1-15-7-10(13-12)8-2-3-11-9(6-8)4-5-14-11/h2-3,6,10,13H,4-5,7,12H2,1H3. The lowest BCUT2D eigenvalue weighted by Crippen LogP contribution is -2.29. The van der Waals surface area contributed by atoms with Gasteiger partial charge in [-0.2, -0.15) is 11.8 Å². The van der Waals surface area contributed by atoms with Gasteiger partial charge in [0.25, 0.3) is 0 Å². The molecule has 0 fully saturated rings. The summed E-state index contributed by atoms with van der Waals surface area (Å²) in [5.41, 5.74) is 5.40. The fourth-order valence-electron chi connectivity index (χ4n) is 1.83. The molecule has 15 heavy (non-hydrogen) atoms. The van der Waals surface area contributed by atoms with Gasteiger partial charge in [-0.3, -0.25) is 11.3 Å². The summed E-state index contributed by atoms with van der Waals surface area (Å²) in [7, 11) is 0. The molecule has 3 N–H and O–H groups in total. The predicted octanol–water partition coefficient (Wildman–Crippen LogP) is 1.49. The highest BCUT2D eigenvalue weighted by Gasteiger charge is 2.15. The number of nitrogens with two attached hydrogens (primary N) is 1. The fraction of sp³-hybridized carbons (Fsp3) is 0.455. The molecule has 1 aliphatic heterocycles. The summed E-state index contributed by atoms with van der Waals surface area (Å²) < 4.78 is 5.47. The van der Waals surface area contributed by atoms with Crippen molar-refractivity contribution in [3.63, 3.8) is 0 Å². The highest BCUT2D eigenvalue weighted by atomic mass is 32.2. The van der Waals surface area contributed by atoms with E-state index in [0.29, 0.717) is 0 Å². The summed E-state index contributed by atoms with van der Waals surface area (Å²) in [5.74, 6) is 7.55. The van der Waals surface area contributed by atoms with Crippen LogP contribution in [0.4, 0.5) is 0 Å². The number of benzene rings is 1. The highest BCUT2D eigenvalue weighted by molar-refractivity contribution is 7.98. The van der Waals surface area contributed by atoms with Crippen LogP contribution < -0.4 is 16.0 Å². The van der Waals surface area contributed by atoms with Crippen LogP contribution in [-0.4, -0.2) is 18.6 Å². The second-order valence-electron chi connectivity index (χ2n) is 3.64. The third-order valence-electron chi connectivity index (χ3n) is 2.65. The lowest BCUT2D eigenvalue weighted by molar-refractivity contribution is 0.356. The minimum Gasteiger partial charge on any atom is -0.493 e. The van der Waals surface area contributed by atoms with E-state index in [1.807, 2.05) is 6.07 Å². The van der Waals surface area contributed by atoms with Gasteiger partial charge in [-0.1, -0.05) is 12.1 Å². The molecule has 4 heteroatoms. The lowest BCUT2D eigenvalue weighted by Gasteiger charge is -2.15. The molecule has 0 spiro atoms. The fourth-order valence-corrected chi connectivity index (χ4v) is 2.45. The maximum absolute atomic E-state index is 5.54. The Kier molecular flexibility index (Phi) is 3.51. The van der Waals surface area contributed by atoms with E-state index in [4.69, 9.17) is 10.6 Å². The summed E-state index contributed by atoms with van der Waals surface area (Å²) in [5, 5.41) is 0. The van der Waals surface area contributed by atoms with Crippen LogP contribution in [0.2, 0.25) is 0 Å². The van der Waals surface area contributed by atoms with Crippen molar-refractivity contribution in [2.45, 2.75) is 12.5 Å². The number of hydrazine groups is 1. The van der Waals surface area contributed by atoms with Crippen molar-refractivity contribution in [1.29, 1.82) is 0 Å². The average Bonchev–Trinajstić information content (AvgIpc) is 2.72. The molecule has 1 unspecified atom stereocenters. The van der Waals surface area contributed by atoms with Crippen molar-refractivity contribution in [2.75, 3.05) is 18.6 Å². The molecule has 1 aromatic rings. The van der Waals surface area contributed by atoms with E-state index in [0.717, 1.165) is 24.5 Å². The summed E-state index contributed by atoms with van der Waals surface area (Å²) in [6.07, 6.45) is 3.10. The Hall–Kier alpha value is -0.710. The van der Waals surface area contributed by atoms with Gasteiger partial charge < -0.3 is 4.74 Å². The normalized spacial score (nSPS) is 15.9. The number of rotatable bonds is 4. The Morgan fingerprint density at radius 1 is 1.60 bits per heavy atom. The van der Waals surface area contributed by atoms with Crippen LogP contribution in [-0.2, 0) is 6.42 Å². The van der Waals surface area contributed by atoms with E-state index in [9.17, 15) is 0 Å². The highest BCUT2D eigenvalue weighted by Crippen LogP contribution is 2.28. The first-order chi connectivity index (χ1) is 7.35. The molecule has 0 amide bonds. The molecule has 1 heterocycles. The predicted molar refractivity (Wildman–Crippen MR) is 64.1 cm³/mol. The molecule has 1 atom stereocenters. The van der Waals surface area contributed by atoms with E-state index in [-0.39, 0.29) is 6.04 Å². The summed E-state index contributed by atoms with van der Waals surface area (Å²) in [6.45, 7) is 0.808. The zero-order chi connectivity index (χ0) is 10.7. The lowest BCUT2D eigenvalue weighted by atomic mass is 10.0.